The van der Waals surface area contributed by atoms with Crippen LogP contribution in [0.15, 0.2) is 54.6 Å². The summed E-state index contributed by atoms with van der Waals surface area (Å²) in [6.45, 7) is 0. The summed E-state index contributed by atoms with van der Waals surface area (Å²) in [5, 5.41) is 10.8. The molecule has 1 amide bonds. The summed E-state index contributed by atoms with van der Waals surface area (Å²) in [6.07, 6.45) is -1.08. The van der Waals surface area contributed by atoms with Gasteiger partial charge in [0.15, 0.2) is 0 Å². The number of carbonyl (C=O) groups excluding carboxylic acids is 1. The first-order valence-corrected chi connectivity index (χ1v) is 7.59. The molecule has 5 heteroatoms. The zero-order valence-electron chi connectivity index (χ0n) is 13.3. The van der Waals surface area contributed by atoms with E-state index < -0.39 is 12.0 Å². The molecule has 0 fully saturated rings. The third kappa shape index (κ3) is 3.21. The van der Waals surface area contributed by atoms with Crippen molar-refractivity contribution in [1.29, 1.82) is 0 Å². The number of para-hydroxylation sites is 1. The number of aliphatic hydroxyl groups is 1. The van der Waals surface area contributed by atoms with Crippen LogP contribution in [0.3, 0.4) is 0 Å². The van der Waals surface area contributed by atoms with Gasteiger partial charge < -0.3 is 15.6 Å². The fourth-order valence-electron chi connectivity index (χ4n) is 2.66. The van der Waals surface area contributed by atoms with E-state index in [4.69, 9.17) is 10.5 Å². The van der Waals surface area contributed by atoms with Crippen molar-refractivity contribution in [3.05, 3.63) is 60.2 Å². The standard InChI is InChI=1S/C19H18N2O3/c1-24-14-6-4-5-12(9-14)17-10-13(11-18(22)19(20)23)15-7-2-3-8-16(15)21-17/h2-10,18,22H,11H2,1H3,(H2,20,23). The molecule has 0 saturated heterocycles. The molecule has 5 nitrogen and oxygen atoms in total. The Morgan fingerprint density at radius 2 is 2.00 bits per heavy atom. The molecule has 0 aliphatic carbocycles. The molecule has 0 aliphatic rings. The van der Waals surface area contributed by atoms with E-state index in [9.17, 15) is 9.90 Å². The van der Waals surface area contributed by atoms with E-state index in [1.165, 1.54) is 0 Å². The summed E-state index contributed by atoms with van der Waals surface area (Å²) in [5.41, 5.74) is 8.46. The lowest BCUT2D eigenvalue weighted by Gasteiger charge is -2.12. The fourth-order valence-corrected chi connectivity index (χ4v) is 2.66. The Morgan fingerprint density at radius 1 is 1.21 bits per heavy atom. The molecular formula is C19H18N2O3. The van der Waals surface area contributed by atoms with Gasteiger partial charge in [-0.1, -0.05) is 30.3 Å². The molecule has 0 spiro atoms. The van der Waals surface area contributed by atoms with Gasteiger partial charge in [0.25, 0.3) is 0 Å². The van der Waals surface area contributed by atoms with Crippen LogP contribution in [0.2, 0.25) is 0 Å². The van der Waals surface area contributed by atoms with Crippen molar-refractivity contribution in [1.82, 2.24) is 4.98 Å². The maximum atomic E-state index is 11.2. The largest absolute Gasteiger partial charge is 0.497 e. The second-order valence-electron chi connectivity index (χ2n) is 5.54. The van der Waals surface area contributed by atoms with Gasteiger partial charge in [-0.05, 0) is 29.8 Å². The number of benzene rings is 2. The Balaban J connectivity index is 2.13. The first-order valence-electron chi connectivity index (χ1n) is 7.59. The van der Waals surface area contributed by atoms with E-state index in [1.54, 1.807) is 7.11 Å². The molecule has 0 saturated carbocycles. The highest BCUT2D eigenvalue weighted by atomic mass is 16.5. The Labute approximate surface area is 139 Å². The number of rotatable bonds is 5. The van der Waals surface area contributed by atoms with E-state index in [2.05, 4.69) is 4.98 Å². The van der Waals surface area contributed by atoms with Crippen molar-refractivity contribution in [3.8, 4) is 17.0 Å². The second kappa shape index (κ2) is 6.68. The topological polar surface area (TPSA) is 85.4 Å². The van der Waals surface area contributed by atoms with Gasteiger partial charge in [0.05, 0.1) is 18.3 Å². The number of methoxy groups -OCH3 is 1. The van der Waals surface area contributed by atoms with Crippen LogP contribution in [0.5, 0.6) is 5.75 Å². The van der Waals surface area contributed by atoms with Crippen molar-refractivity contribution in [3.63, 3.8) is 0 Å². The zero-order valence-corrected chi connectivity index (χ0v) is 13.3. The number of hydrogen-bond acceptors (Lipinski definition) is 4. The second-order valence-corrected chi connectivity index (χ2v) is 5.54. The average molecular weight is 322 g/mol. The number of fused-ring (bicyclic) bond motifs is 1. The Hall–Kier alpha value is -2.92. The minimum absolute atomic E-state index is 0.148. The number of amides is 1. The van der Waals surface area contributed by atoms with Crippen LogP contribution in [0.1, 0.15) is 5.56 Å². The van der Waals surface area contributed by atoms with Gasteiger partial charge in [-0.15, -0.1) is 0 Å². The minimum Gasteiger partial charge on any atom is -0.497 e. The van der Waals surface area contributed by atoms with Crippen molar-refractivity contribution in [2.24, 2.45) is 5.73 Å². The first kappa shape index (κ1) is 16.0. The molecule has 24 heavy (non-hydrogen) atoms. The summed E-state index contributed by atoms with van der Waals surface area (Å²) in [5.74, 6) is 0.00000280. The van der Waals surface area contributed by atoms with Crippen molar-refractivity contribution >= 4 is 16.8 Å². The molecule has 3 N–H and O–H groups in total. The lowest BCUT2D eigenvalue weighted by atomic mass is 9.99. The molecule has 122 valence electrons. The number of carbonyl (C=O) groups is 1. The summed E-state index contributed by atoms with van der Waals surface area (Å²) >= 11 is 0. The molecule has 1 atom stereocenters. The molecular weight excluding hydrogens is 304 g/mol. The Kier molecular flexibility index (Phi) is 4.44. The van der Waals surface area contributed by atoms with Crippen LogP contribution in [-0.2, 0) is 11.2 Å². The number of ether oxygens (including phenoxy) is 1. The Morgan fingerprint density at radius 3 is 2.75 bits per heavy atom. The quantitative estimate of drug-likeness (QED) is 0.755. The third-order valence-electron chi connectivity index (χ3n) is 3.91. The van der Waals surface area contributed by atoms with Gasteiger partial charge in [-0.25, -0.2) is 4.98 Å². The molecule has 3 rings (SSSR count). The zero-order chi connectivity index (χ0) is 17.1. The maximum absolute atomic E-state index is 11.2. The van der Waals surface area contributed by atoms with Gasteiger partial charge in [-0.3, -0.25) is 4.79 Å². The van der Waals surface area contributed by atoms with Crippen LogP contribution in [-0.4, -0.2) is 29.2 Å². The molecule has 1 heterocycles. The highest BCUT2D eigenvalue weighted by molar-refractivity contribution is 5.86. The lowest BCUT2D eigenvalue weighted by molar-refractivity contribution is -0.125. The first-order chi connectivity index (χ1) is 11.6. The number of nitrogens with two attached hydrogens (primary N) is 1. The van der Waals surface area contributed by atoms with Gasteiger partial charge in [0.2, 0.25) is 5.91 Å². The van der Waals surface area contributed by atoms with Crippen molar-refractivity contribution in [2.45, 2.75) is 12.5 Å². The van der Waals surface area contributed by atoms with Crippen LogP contribution in [0.4, 0.5) is 0 Å². The highest BCUT2D eigenvalue weighted by Crippen LogP contribution is 2.27. The number of aromatic nitrogens is 1. The molecule has 0 aliphatic heterocycles. The molecule has 1 unspecified atom stereocenters. The number of aliphatic hydroxyl groups excluding tert-OH is 1. The van der Waals surface area contributed by atoms with Crippen LogP contribution >= 0.6 is 0 Å². The predicted molar refractivity (Wildman–Crippen MR) is 92.6 cm³/mol. The number of pyridine rings is 1. The molecule has 1 aromatic heterocycles. The average Bonchev–Trinajstić information content (AvgIpc) is 2.61. The number of nitrogens with zero attached hydrogens (tertiary/aromatic N) is 1. The van der Waals surface area contributed by atoms with E-state index in [0.29, 0.717) is 0 Å². The summed E-state index contributed by atoms with van der Waals surface area (Å²) in [6, 6.07) is 17.1. The third-order valence-corrected chi connectivity index (χ3v) is 3.91. The van der Waals surface area contributed by atoms with Gasteiger partial charge in [-0.2, -0.15) is 0 Å². The van der Waals surface area contributed by atoms with Crippen LogP contribution < -0.4 is 10.5 Å². The predicted octanol–water partition coefficient (Wildman–Crippen LogP) is 2.30. The lowest BCUT2D eigenvalue weighted by Crippen LogP contribution is -2.30. The maximum Gasteiger partial charge on any atom is 0.246 e. The van der Waals surface area contributed by atoms with E-state index in [1.807, 2.05) is 54.6 Å². The summed E-state index contributed by atoms with van der Waals surface area (Å²) in [4.78, 5) is 15.9. The SMILES string of the molecule is COc1cccc(-c2cc(CC(O)C(N)=O)c3ccccc3n2)c1. The molecule has 0 bridgehead atoms. The number of primary amides is 1. The normalized spacial score (nSPS) is 12.1. The smallest absolute Gasteiger partial charge is 0.246 e. The molecule has 3 aromatic rings. The monoisotopic (exact) mass is 322 g/mol. The van der Waals surface area contributed by atoms with E-state index in [-0.39, 0.29) is 6.42 Å². The van der Waals surface area contributed by atoms with Gasteiger partial charge in [0.1, 0.15) is 11.9 Å². The summed E-state index contributed by atoms with van der Waals surface area (Å²) < 4.78 is 5.26. The van der Waals surface area contributed by atoms with Crippen molar-refractivity contribution < 1.29 is 14.6 Å². The van der Waals surface area contributed by atoms with E-state index >= 15 is 0 Å². The molecule has 0 radical (unpaired) electrons. The van der Waals surface area contributed by atoms with Crippen LogP contribution in [0.25, 0.3) is 22.2 Å². The minimum atomic E-state index is -1.23. The highest BCUT2D eigenvalue weighted by Gasteiger charge is 2.15. The van der Waals surface area contributed by atoms with Gasteiger partial charge in [0, 0.05) is 17.4 Å². The fraction of sp³-hybridized carbons (Fsp3) is 0.158. The number of hydrogen-bond donors (Lipinski definition) is 2. The van der Waals surface area contributed by atoms with Crippen LogP contribution in [0, 0.1) is 0 Å². The Bertz CT molecular complexity index is 893. The summed E-state index contributed by atoms with van der Waals surface area (Å²) in [7, 11) is 1.61. The van der Waals surface area contributed by atoms with E-state index in [0.717, 1.165) is 33.5 Å². The van der Waals surface area contributed by atoms with Gasteiger partial charge >= 0.3 is 0 Å². The molecule has 2 aromatic carbocycles. The van der Waals surface area contributed by atoms with Crippen molar-refractivity contribution in [2.75, 3.05) is 7.11 Å².